The van der Waals surface area contributed by atoms with Crippen LogP contribution in [0.25, 0.3) is 10.8 Å². The van der Waals surface area contributed by atoms with Crippen molar-refractivity contribution in [2.75, 3.05) is 6.61 Å². The molecule has 0 aliphatic carbocycles. The first kappa shape index (κ1) is 16.0. The topological polar surface area (TPSA) is 33.0 Å². The van der Waals surface area contributed by atoms with Crippen molar-refractivity contribution in [3.8, 4) is 11.8 Å². The number of benzene rings is 3. The van der Waals surface area contributed by atoms with E-state index >= 15 is 0 Å². The van der Waals surface area contributed by atoms with Crippen molar-refractivity contribution in [1.82, 2.24) is 0 Å². The highest BCUT2D eigenvalue weighted by Crippen LogP contribution is 2.23. The second kappa shape index (κ2) is 7.61. The Bertz CT molecular complexity index is 869. The number of ether oxygens (including phenoxy) is 1. The molecule has 1 atom stereocenters. The minimum absolute atomic E-state index is 0.305. The minimum atomic E-state index is -0.305. The zero-order valence-corrected chi connectivity index (χ0v) is 13.3. The lowest BCUT2D eigenvalue weighted by atomic mass is 9.96. The van der Waals surface area contributed by atoms with Crippen LogP contribution in [-0.2, 0) is 0 Å². The maximum absolute atomic E-state index is 13.3. The number of rotatable bonds is 6. The smallest absolute Gasteiger partial charge is 0.123 e. The molecule has 2 nitrogen and oxygen atoms in total. The number of hydrogen-bond donors (Lipinski definition) is 0. The molecule has 3 rings (SSSR count). The molecule has 0 saturated heterocycles. The summed E-state index contributed by atoms with van der Waals surface area (Å²) in [5, 5.41) is 11.6. The van der Waals surface area contributed by atoms with Gasteiger partial charge in [0.2, 0.25) is 0 Å². The summed E-state index contributed by atoms with van der Waals surface area (Å²) in [5.74, 6) is 0.217. The van der Waals surface area contributed by atoms with Crippen molar-refractivity contribution >= 4 is 10.8 Å². The van der Waals surface area contributed by atoms with Crippen LogP contribution in [-0.4, -0.2) is 6.61 Å². The molecule has 0 N–H and O–H groups in total. The maximum Gasteiger partial charge on any atom is 0.123 e. The molecule has 0 aromatic heterocycles. The molecule has 0 heterocycles. The standard InChI is InChI=1S/C21H18FNO/c22-20-9-3-7-17(13-20)19(15-23)8-4-12-24-21-11-10-16-5-1-2-6-18(16)14-21/h1-3,5-7,9-11,13-14,19H,4,8,12H2. The van der Waals surface area contributed by atoms with Gasteiger partial charge in [-0.3, -0.25) is 0 Å². The molecule has 0 aliphatic heterocycles. The van der Waals surface area contributed by atoms with Crippen LogP contribution in [0.3, 0.4) is 0 Å². The molecule has 3 aromatic carbocycles. The molecule has 0 aliphatic rings. The van der Waals surface area contributed by atoms with Crippen molar-refractivity contribution in [3.63, 3.8) is 0 Å². The second-order valence-corrected chi connectivity index (χ2v) is 5.74. The summed E-state index contributed by atoms with van der Waals surface area (Å²) in [6.07, 6.45) is 1.38. The zero-order valence-electron chi connectivity index (χ0n) is 13.3. The van der Waals surface area contributed by atoms with Gasteiger partial charge in [0, 0.05) is 0 Å². The Morgan fingerprint density at radius 2 is 1.79 bits per heavy atom. The van der Waals surface area contributed by atoms with Crippen molar-refractivity contribution in [2.24, 2.45) is 0 Å². The van der Waals surface area contributed by atoms with E-state index in [4.69, 9.17) is 4.74 Å². The summed E-state index contributed by atoms with van der Waals surface area (Å²) in [4.78, 5) is 0. The fourth-order valence-corrected chi connectivity index (χ4v) is 2.76. The average Bonchev–Trinajstić information content (AvgIpc) is 2.61. The second-order valence-electron chi connectivity index (χ2n) is 5.74. The third kappa shape index (κ3) is 3.91. The summed E-state index contributed by atoms with van der Waals surface area (Å²) in [5.41, 5.74) is 0.725. The van der Waals surface area contributed by atoms with E-state index in [1.165, 1.54) is 17.5 Å². The van der Waals surface area contributed by atoms with E-state index in [1.807, 2.05) is 30.3 Å². The molecular weight excluding hydrogens is 301 g/mol. The van der Waals surface area contributed by atoms with Crippen molar-refractivity contribution in [1.29, 1.82) is 5.26 Å². The first-order valence-corrected chi connectivity index (χ1v) is 8.03. The van der Waals surface area contributed by atoms with E-state index in [2.05, 4.69) is 18.2 Å². The summed E-state index contributed by atoms with van der Waals surface area (Å²) in [6.45, 7) is 0.534. The first-order chi connectivity index (χ1) is 11.8. The summed E-state index contributed by atoms with van der Waals surface area (Å²) < 4.78 is 19.1. The summed E-state index contributed by atoms with van der Waals surface area (Å²) >= 11 is 0. The van der Waals surface area contributed by atoms with Gasteiger partial charge in [0.25, 0.3) is 0 Å². The van der Waals surface area contributed by atoms with Gasteiger partial charge in [0.15, 0.2) is 0 Å². The van der Waals surface area contributed by atoms with E-state index in [9.17, 15) is 9.65 Å². The zero-order chi connectivity index (χ0) is 16.8. The number of hydrogen-bond acceptors (Lipinski definition) is 2. The molecule has 0 amide bonds. The number of fused-ring (bicyclic) bond motifs is 1. The van der Waals surface area contributed by atoms with Gasteiger partial charge in [0.1, 0.15) is 11.6 Å². The van der Waals surface area contributed by atoms with Gasteiger partial charge in [0.05, 0.1) is 18.6 Å². The third-order valence-corrected chi connectivity index (χ3v) is 4.03. The monoisotopic (exact) mass is 319 g/mol. The Hall–Kier alpha value is -2.86. The van der Waals surface area contributed by atoms with Gasteiger partial charge in [-0.2, -0.15) is 5.26 Å². The fraction of sp³-hybridized carbons (Fsp3) is 0.190. The molecule has 0 bridgehead atoms. The van der Waals surface area contributed by atoms with Crippen LogP contribution in [0.2, 0.25) is 0 Å². The fourth-order valence-electron chi connectivity index (χ4n) is 2.76. The van der Waals surface area contributed by atoms with Crippen LogP contribution in [0, 0.1) is 17.1 Å². The predicted octanol–water partition coefficient (Wildman–Crippen LogP) is 5.45. The molecule has 24 heavy (non-hydrogen) atoms. The molecule has 1 unspecified atom stereocenters. The predicted molar refractivity (Wildman–Crippen MR) is 93.4 cm³/mol. The minimum Gasteiger partial charge on any atom is -0.494 e. The van der Waals surface area contributed by atoms with Crippen LogP contribution in [0.5, 0.6) is 5.75 Å². The quantitative estimate of drug-likeness (QED) is 0.566. The number of halogens is 1. The lowest BCUT2D eigenvalue weighted by Crippen LogP contribution is -2.02. The Kier molecular flexibility index (Phi) is 5.08. The molecular formula is C21H18FNO. The molecule has 0 saturated carbocycles. The normalized spacial score (nSPS) is 11.8. The van der Waals surface area contributed by atoms with Crippen molar-refractivity contribution < 1.29 is 9.13 Å². The lowest BCUT2D eigenvalue weighted by molar-refractivity contribution is 0.305. The molecule has 120 valence electrons. The van der Waals surface area contributed by atoms with Gasteiger partial charge in [-0.25, -0.2) is 4.39 Å². The van der Waals surface area contributed by atoms with Gasteiger partial charge in [-0.15, -0.1) is 0 Å². The molecule has 0 fully saturated rings. The van der Waals surface area contributed by atoms with Crippen molar-refractivity contribution in [2.45, 2.75) is 18.8 Å². The molecule has 3 heteroatoms. The average molecular weight is 319 g/mol. The third-order valence-electron chi connectivity index (χ3n) is 4.03. The van der Waals surface area contributed by atoms with E-state index in [-0.39, 0.29) is 11.7 Å². The Labute approximate surface area is 141 Å². The highest BCUT2D eigenvalue weighted by molar-refractivity contribution is 5.83. The van der Waals surface area contributed by atoms with Crippen LogP contribution < -0.4 is 4.74 Å². The summed E-state index contributed by atoms with van der Waals surface area (Å²) in [7, 11) is 0. The number of nitrogens with zero attached hydrogens (tertiary/aromatic N) is 1. The Balaban J connectivity index is 1.54. The van der Waals surface area contributed by atoms with E-state index < -0.39 is 0 Å². The molecule has 0 spiro atoms. The highest BCUT2D eigenvalue weighted by atomic mass is 19.1. The Morgan fingerprint density at radius 1 is 0.958 bits per heavy atom. The van der Waals surface area contributed by atoms with Crippen molar-refractivity contribution in [3.05, 3.63) is 78.1 Å². The van der Waals surface area contributed by atoms with Crippen LogP contribution in [0.15, 0.2) is 66.7 Å². The lowest BCUT2D eigenvalue weighted by Gasteiger charge is -2.11. The van der Waals surface area contributed by atoms with Gasteiger partial charge < -0.3 is 4.74 Å². The van der Waals surface area contributed by atoms with E-state index in [0.717, 1.165) is 23.1 Å². The van der Waals surface area contributed by atoms with Crippen LogP contribution in [0.4, 0.5) is 4.39 Å². The number of nitriles is 1. The maximum atomic E-state index is 13.3. The van der Waals surface area contributed by atoms with Crippen LogP contribution >= 0.6 is 0 Å². The van der Waals surface area contributed by atoms with Crippen LogP contribution in [0.1, 0.15) is 24.3 Å². The highest BCUT2D eigenvalue weighted by Gasteiger charge is 2.11. The summed E-state index contributed by atoms with van der Waals surface area (Å²) in [6, 6.07) is 22.6. The Morgan fingerprint density at radius 3 is 2.58 bits per heavy atom. The van der Waals surface area contributed by atoms with Gasteiger partial charge >= 0.3 is 0 Å². The van der Waals surface area contributed by atoms with Gasteiger partial charge in [-0.1, -0.05) is 42.5 Å². The largest absolute Gasteiger partial charge is 0.494 e. The van der Waals surface area contributed by atoms with E-state index in [0.29, 0.717) is 13.0 Å². The SMILES string of the molecule is N#CC(CCCOc1ccc2ccccc2c1)c1cccc(F)c1. The first-order valence-electron chi connectivity index (χ1n) is 8.03. The van der Waals surface area contributed by atoms with Gasteiger partial charge in [-0.05, 0) is 53.4 Å². The molecule has 3 aromatic rings. The van der Waals surface area contributed by atoms with E-state index in [1.54, 1.807) is 12.1 Å². The molecule has 0 radical (unpaired) electrons.